The minimum absolute atomic E-state index is 0.0982. The number of thiol groups is 1. The molecule has 21 heavy (non-hydrogen) atoms. The fourth-order valence-electron chi connectivity index (χ4n) is 1.66. The second-order valence-electron chi connectivity index (χ2n) is 4.37. The Bertz CT molecular complexity index is 493. The number of rotatable bonds is 6. The predicted molar refractivity (Wildman–Crippen MR) is 73.1 cm³/mol. The second kappa shape index (κ2) is 7.35. The van der Waals surface area contributed by atoms with Crippen molar-refractivity contribution in [3.63, 3.8) is 0 Å². The Labute approximate surface area is 124 Å². The quantitative estimate of drug-likeness (QED) is 0.701. The molecule has 8 heteroatoms. The molecule has 0 aromatic heterocycles. The first-order chi connectivity index (χ1) is 9.75. The average Bonchev–Trinajstić information content (AvgIpc) is 2.38. The molecule has 1 aromatic carbocycles. The van der Waals surface area contributed by atoms with E-state index >= 15 is 0 Å². The Morgan fingerprint density at radius 2 is 1.81 bits per heavy atom. The van der Waals surface area contributed by atoms with Crippen LogP contribution in [0, 0.1) is 5.92 Å². The maximum atomic E-state index is 12.6. The van der Waals surface area contributed by atoms with E-state index in [1.807, 2.05) is 5.32 Å². The fourth-order valence-corrected chi connectivity index (χ4v) is 2.03. The van der Waals surface area contributed by atoms with E-state index in [0.717, 1.165) is 0 Å². The number of hydrogen-bond acceptors (Lipinski definition) is 3. The van der Waals surface area contributed by atoms with E-state index in [1.165, 1.54) is 0 Å². The van der Waals surface area contributed by atoms with Crippen molar-refractivity contribution in [3.05, 3.63) is 35.9 Å². The SMILES string of the molecule is O=C(N[C@@H](Cc1ccccc1)C(=O)O)C(CS)C(F)(F)F. The summed E-state index contributed by atoms with van der Waals surface area (Å²) in [6, 6.07) is 6.89. The van der Waals surface area contributed by atoms with Crippen LogP contribution in [0.5, 0.6) is 0 Å². The van der Waals surface area contributed by atoms with Gasteiger partial charge in [-0.25, -0.2) is 4.79 Å². The highest BCUT2D eigenvalue weighted by atomic mass is 32.1. The smallest absolute Gasteiger partial charge is 0.401 e. The molecule has 0 spiro atoms. The number of carbonyl (C=O) groups is 2. The van der Waals surface area contributed by atoms with E-state index in [2.05, 4.69) is 12.6 Å². The van der Waals surface area contributed by atoms with Gasteiger partial charge in [-0.1, -0.05) is 30.3 Å². The molecular weight excluding hydrogens is 307 g/mol. The lowest BCUT2D eigenvalue weighted by Gasteiger charge is -2.21. The molecule has 1 aromatic rings. The fraction of sp³-hybridized carbons (Fsp3) is 0.385. The van der Waals surface area contributed by atoms with Gasteiger partial charge >= 0.3 is 12.1 Å². The maximum absolute atomic E-state index is 12.6. The Balaban J connectivity index is 2.79. The predicted octanol–water partition coefficient (Wildman–Crippen LogP) is 1.91. The number of nitrogens with one attached hydrogen (secondary N) is 1. The number of aliphatic carboxylic acids is 1. The Morgan fingerprint density at radius 1 is 1.24 bits per heavy atom. The molecule has 1 rings (SSSR count). The van der Waals surface area contributed by atoms with Gasteiger partial charge in [0.1, 0.15) is 12.0 Å². The molecule has 4 nitrogen and oxygen atoms in total. The van der Waals surface area contributed by atoms with Crippen LogP contribution >= 0.6 is 12.6 Å². The van der Waals surface area contributed by atoms with Crippen molar-refractivity contribution >= 4 is 24.5 Å². The monoisotopic (exact) mass is 321 g/mol. The first-order valence-corrected chi connectivity index (χ1v) is 6.63. The molecule has 1 amide bonds. The van der Waals surface area contributed by atoms with Crippen molar-refractivity contribution in [1.82, 2.24) is 5.32 Å². The van der Waals surface area contributed by atoms with Crippen LogP contribution in [0.15, 0.2) is 30.3 Å². The third-order valence-electron chi connectivity index (χ3n) is 2.79. The summed E-state index contributed by atoms with van der Waals surface area (Å²) in [6.45, 7) is 0. The van der Waals surface area contributed by atoms with Crippen LogP contribution in [0.1, 0.15) is 5.56 Å². The summed E-state index contributed by atoms with van der Waals surface area (Å²) in [5.41, 5.74) is 0.597. The number of alkyl halides is 3. The van der Waals surface area contributed by atoms with E-state index in [-0.39, 0.29) is 6.42 Å². The number of benzene rings is 1. The van der Waals surface area contributed by atoms with Crippen LogP contribution in [0.4, 0.5) is 13.2 Å². The zero-order valence-corrected chi connectivity index (χ0v) is 11.7. The maximum Gasteiger partial charge on any atom is 0.401 e. The van der Waals surface area contributed by atoms with E-state index in [1.54, 1.807) is 30.3 Å². The lowest BCUT2D eigenvalue weighted by atomic mass is 10.0. The van der Waals surface area contributed by atoms with Gasteiger partial charge in [-0.3, -0.25) is 4.79 Å². The van der Waals surface area contributed by atoms with Gasteiger partial charge in [-0.15, -0.1) is 0 Å². The summed E-state index contributed by atoms with van der Waals surface area (Å²) in [4.78, 5) is 22.7. The van der Waals surface area contributed by atoms with Crippen LogP contribution in [0.25, 0.3) is 0 Å². The third-order valence-corrected chi connectivity index (χ3v) is 3.16. The molecule has 0 saturated heterocycles. The summed E-state index contributed by atoms with van der Waals surface area (Å²) >= 11 is 3.49. The first kappa shape index (κ1) is 17.4. The Morgan fingerprint density at radius 3 is 2.24 bits per heavy atom. The van der Waals surface area contributed by atoms with Crippen molar-refractivity contribution in [1.29, 1.82) is 0 Å². The average molecular weight is 321 g/mol. The van der Waals surface area contributed by atoms with Gasteiger partial charge in [-0.2, -0.15) is 25.8 Å². The highest BCUT2D eigenvalue weighted by molar-refractivity contribution is 7.80. The molecule has 2 atom stereocenters. The van der Waals surface area contributed by atoms with E-state index in [9.17, 15) is 22.8 Å². The van der Waals surface area contributed by atoms with Crippen molar-refractivity contribution < 1.29 is 27.9 Å². The van der Waals surface area contributed by atoms with Gasteiger partial charge in [0.15, 0.2) is 0 Å². The van der Waals surface area contributed by atoms with Crippen LogP contribution in [-0.4, -0.2) is 35.0 Å². The van der Waals surface area contributed by atoms with Gasteiger partial charge in [0, 0.05) is 12.2 Å². The normalized spacial score (nSPS) is 14.3. The van der Waals surface area contributed by atoms with E-state index in [0.29, 0.717) is 5.56 Å². The molecule has 0 heterocycles. The van der Waals surface area contributed by atoms with Gasteiger partial charge < -0.3 is 10.4 Å². The number of carboxylic acid groups (broad SMARTS) is 1. The van der Waals surface area contributed by atoms with Gasteiger partial charge in [0.25, 0.3) is 0 Å². The van der Waals surface area contributed by atoms with Crippen LogP contribution < -0.4 is 5.32 Å². The summed E-state index contributed by atoms with van der Waals surface area (Å²) < 4.78 is 37.8. The summed E-state index contributed by atoms with van der Waals surface area (Å²) in [5.74, 6) is -5.86. The summed E-state index contributed by atoms with van der Waals surface area (Å²) in [5, 5.41) is 10.9. The molecule has 2 N–H and O–H groups in total. The van der Waals surface area contributed by atoms with Gasteiger partial charge in [-0.05, 0) is 5.56 Å². The zero-order valence-electron chi connectivity index (χ0n) is 10.8. The topological polar surface area (TPSA) is 66.4 Å². The number of halogens is 3. The highest BCUT2D eigenvalue weighted by Crippen LogP contribution is 2.27. The van der Waals surface area contributed by atoms with Gasteiger partial charge in [0.05, 0.1) is 0 Å². The molecule has 0 aliphatic heterocycles. The summed E-state index contributed by atoms with van der Waals surface area (Å²) in [7, 11) is 0. The zero-order chi connectivity index (χ0) is 16.0. The molecule has 0 saturated carbocycles. The molecule has 0 bridgehead atoms. The number of carbonyl (C=O) groups excluding carboxylic acids is 1. The first-order valence-electron chi connectivity index (χ1n) is 6.00. The van der Waals surface area contributed by atoms with Crippen LogP contribution in [-0.2, 0) is 16.0 Å². The number of carboxylic acids is 1. The van der Waals surface area contributed by atoms with Gasteiger partial charge in [0.2, 0.25) is 5.91 Å². The van der Waals surface area contributed by atoms with Crippen molar-refractivity contribution in [3.8, 4) is 0 Å². The van der Waals surface area contributed by atoms with Crippen LogP contribution in [0.2, 0.25) is 0 Å². The van der Waals surface area contributed by atoms with Crippen molar-refractivity contribution in [2.45, 2.75) is 18.6 Å². The molecule has 0 aliphatic carbocycles. The minimum atomic E-state index is -4.76. The Hall–Kier alpha value is -1.70. The summed E-state index contributed by atoms with van der Waals surface area (Å²) in [6.07, 6.45) is -4.86. The Kier molecular flexibility index (Phi) is 6.07. The molecular formula is C13H14F3NO3S. The van der Waals surface area contributed by atoms with Crippen molar-refractivity contribution in [2.24, 2.45) is 5.92 Å². The molecule has 0 fully saturated rings. The number of amides is 1. The lowest BCUT2D eigenvalue weighted by molar-refractivity contribution is -0.178. The van der Waals surface area contributed by atoms with Crippen molar-refractivity contribution in [2.75, 3.05) is 5.75 Å². The van der Waals surface area contributed by atoms with E-state index in [4.69, 9.17) is 5.11 Å². The largest absolute Gasteiger partial charge is 0.480 e. The highest BCUT2D eigenvalue weighted by Gasteiger charge is 2.44. The lowest BCUT2D eigenvalue weighted by Crippen LogP contribution is -2.48. The molecule has 0 radical (unpaired) electrons. The molecule has 1 unspecified atom stereocenters. The molecule has 0 aliphatic rings. The minimum Gasteiger partial charge on any atom is -0.480 e. The van der Waals surface area contributed by atoms with Crippen LogP contribution in [0.3, 0.4) is 0 Å². The number of hydrogen-bond donors (Lipinski definition) is 3. The second-order valence-corrected chi connectivity index (χ2v) is 4.73. The van der Waals surface area contributed by atoms with E-state index < -0.39 is 35.8 Å². The molecule has 116 valence electrons. The third kappa shape index (κ3) is 5.30. The standard InChI is InChI=1S/C13H14F3NO3S/c14-13(15,16)9(7-21)11(18)17-10(12(19)20)6-8-4-2-1-3-5-8/h1-5,9-10,21H,6-7H2,(H,17,18)(H,19,20)/t9?,10-/m0/s1.